The molecule has 152 valence electrons. The Hall–Kier alpha value is -3.04. The Morgan fingerprint density at radius 3 is 2.73 bits per heavy atom. The number of Topliss-reactive ketones (excluding diaryl/α,β-unsaturated/α-hetero) is 1. The summed E-state index contributed by atoms with van der Waals surface area (Å²) in [6.07, 6.45) is 1.78. The number of hydrogen-bond acceptors (Lipinski definition) is 5. The highest BCUT2D eigenvalue weighted by Gasteiger charge is 2.39. The van der Waals surface area contributed by atoms with Crippen molar-refractivity contribution in [2.75, 3.05) is 0 Å². The first-order chi connectivity index (χ1) is 14.5. The van der Waals surface area contributed by atoms with Crippen LogP contribution >= 0.6 is 15.9 Å². The maximum Gasteiger partial charge on any atom is 0.205 e. The minimum atomic E-state index is -0.600. The summed E-state index contributed by atoms with van der Waals surface area (Å²) in [6.45, 7) is 2.41. The molecule has 6 heteroatoms. The van der Waals surface area contributed by atoms with Gasteiger partial charge in [-0.3, -0.25) is 4.79 Å². The molecule has 0 unspecified atom stereocenters. The van der Waals surface area contributed by atoms with Crippen LogP contribution in [0.3, 0.4) is 0 Å². The van der Waals surface area contributed by atoms with Crippen molar-refractivity contribution in [1.29, 1.82) is 5.26 Å². The minimum Gasteiger partial charge on any atom is -0.489 e. The van der Waals surface area contributed by atoms with Crippen molar-refractivity contribution >= 4 is 21.7 Å². The summed E-state index contributed by atoms with van der Waals surface area (Å²) >= 11 is 3.51. The lowest BCUT2D eigenvalue weighted by Crippen LogP contribution is -2.27. The summed E-state index contributed by atoms with van der Waals surface area (Å²) < 4.78 is 12.6. The molecule has 1 atom stereocenters. The number of nitriles is 1. The molecule has 4 rings (SSSR count). The molecular weight excluding hydrogens is 444 g/mol. The van der Waals surface area contributed by atoms with Crippen molar-refractivity contribution in [3.63, 3.8) is 0 Å². The average Bonchev–Trinajstić information content (AvgIpc) is 2.73. The van der Waals surface area contributed by atoms with Crippen LogP contribution in [0.25, 0.3) is 0 Å². The maximum absolute atomic E-state index is 12.8. The largest absolute Gasteiger partial charge is 0.489 e. The summed E-state index contributed by atoms with van der Waals surface area (Å²) in [4.78, 5) is 12.8. The summed E-state index contributed by atoms with van der Waals surface area (Å²) in [5, 5.41) is 9.81. The van der Waals surface area contributed by atoms with Crippen molar-refractivity contribution in [3.05, 3.63) is 86.4 Å². The second-order valence-electron chi connectivity index (χ2n) is 7.49. The number of aryl methyl sites for hydroxylation is 1. The van der Waals surface area contributed by atoms with Crippen molar-refractivity contribution in [3.8, 4) is 11.8 Å². The third-order valence-corrected chi connectivity index (χ3v) is 5.90. The zero-order valence-electron chi connectivity index (χ0n) is 16.6. The molecule has 0 bridgehead atoms. The molecule has 2 N–H and O–H groups in total. The monoisotopic (exact) mass is 464 g/mol. The van der Waals surface area contributed by atoms with E-state index in [4.69, 9.17) is 15.2 Å². The number of nitrogens with two attached hydrogens (primary N) is 1. The van der Waals surface area contributed by atoms with E-state index in [1.165, 1.54) is 5.56 Å². The molecule has 1 aliphatic carbocycles. The Labute approximate surface area is 183 Å². The average molecular weight is 465 g/mol. The van der Waals surface area contributed by atoms with Gasteiger partial charge in [0.15, 0.2) is 5.78 Å². The van der Waals surface area contributed by atoms with Crippen LogP contribution in [-0.2, 0) is 16.1 Å². The number of ether oxygens (including phenoxy) is 2. The number of allylic oxidation sites excluding steroid dienone is 3. The first-order valence-corrected chi connectivity index (χ1v) is 10.6. The molecular formula is C24H21BrN2O3. The summed E-state index contributed by atoms with van der Waals surface area (Å²) in [7, 11) is 0. The van der Waals surface area contributed by atoms with E-state index >= 15 is 0 Å². The van der Waals surface area contributed by atoms with E-state index in [0.29, 0.717) is 36.5 Å². The highest BCUT2D eigenvalue weighted by molar-refractivity contribution is 9.10. The number of hydrogen-bond donors (Lipinski definition) is 1. The van der Waals surface area contributed by atoms with Crippen LogP contribution in [0.1, 0.15) is 41.9 Å². The Bertz CT molecular complexity index is 1110. The van der Waals surface area contributed by atoms with E-state index in [2.05, 4.69) is 22.0 Å². The van der Waals surface area contributed by atoms with Gasteiger partial charge in [0, 0.05) is 28.5 Å². The van der Waals surface area contributed by atoms with E-state index in [1.807, 2.05) is 49.4 Å². The first-order valence-electron chi connectivity index (χ1n) is 9.79. The van der Waals surface area contributed by atoms with Crippen molar-refractivity contribution < 1.29 is 14.3 Å². The highest BCUT2D eigenvalue weighted by atomic mass is 79.9. The van der Waals surface area contributed by atoms with Gasteiger partial charge in [0.1, 0.15) is 29.8 Å². The van der Waals surface area contributed by atoms with Crippen LogP contribution < -0.4 is 10.5 Å². The SMILES string of the molecule is Cc1ccc(COc2ccc(Br)cc2[C@H]2C(C#N)=C(N)OC3=C2C(=O)CCC3)cc1. The molecule has 0 fully saturated rings. The third kappa shape index (κ3) is 3.86. The van der Waals surface area contributed by atoms with Gasteiger partial charge in [-0.25, -0.2) is 0 Å². The van der Waals surface area contributed by atoms with Gasteiger partial charge in [0.25, 0.3) is 0 Å². The number of rotatable bonds is 4. The minimum absolute atomic E-state index is 0.00837. The van der Waals surface area contributed by atoms with Gasteiger partial charge in [-0.15, -0.1) is 0 Å². The fraction of sp³-hybridized carbons (Fsp3) is 0.250. The van der Waals surface area contributed by atoms with Crippen LogP contribution in [0.2, 0.25) is 0 Å². The number of halogens is 1. The smallest absolute Gasteiger partial charge is 0.205 e. The standard InChI is InChI=1S/C24H21BrN2O3/c1-14-5-7-15(8-6-14)13-29-20-10-9-16(25)11-17(20)22-18(12-26)24(27)30-21-4-2-3-19(28)23(21)22/h5-11,22H,2-4,13,27H2,1H3/t22-/m0/s1. The topological polar surface area (TPSA) is 85.3 Å². The molecule has 1 aliphatic heterocycles. The number of benzene rings is 2. The fourth-order valence-corrected chi connectivity index (χ4v) is 4.27. The van der Waals surface area contributed by atoms with Gasteiger partial charge in [0.05, 0.1) is 5.92 Å². The van der Waals surface area contributed by atoms with Gasteiger partial charge in [0.2, 0.25) is 5.88 Å². The molecule has 1 heterocycles. The van der Waals surface area contributed by atoms with E-state index in [0.717, 1.165) is 22.0 Å². The number of ketones is 1. The second-order valence-corrected chi connectivity index (χ2v) is 8.41. The lowest BCUT2D eigenvalue weighted by atomic mass is 9.77. The molecule has 2 aliphatic rings. The van der Waals surface area contributed by atoms with Gasteiger partial charge < -0.3 is 15.2 Å². The normalized spacial score (nSPS) is 18.6. The van der Waals surface area contributed by atoms with Crippen LogP contribution in [0.5, 0.6) is 5.75 Å². The molecule has 0 saturated heterocycles. The quantitative estimate of drug-likeness (QED) is 0.675. The summed E-state index contributed by atoms with van der Waals surface area (Å²) in [5.74, 6) is 0.622. The number of carbonyl (C=O) groups is 1. The molecule has 0 amide bonds. The van der Waals surface area contributed by atoms with Crippen LogP contribution in [0, 0.1) is 18.3 Å². The van der Waals surface area contributed by atoms with Crippen LogP contribution in [0.15, 0.2) is 69.7 Å². The summed E-state index contributed by atoms with van der Waals surface area (Å²) in [6, 6.07) is 15.9. The Morgan fingerprint density at radius 2 is 2.00 bits per heavy atom. The first kappa shape index (κ1) is 20.2. The molecule has 0 radical (unpaired) electrons. The van der Waals surface area contributed by atoms with E-state index in [9.17, 15) is 10.1 Å². The number of carbonyl (C=O) groups excluding carboxylic acids is 1. The molecule has 0 aromatic heterocycles. The third-order valence-electron chi connectivity index (χ3n) is 5.40. The molecule has 2 aromatic carbocycles. The fourth-order valence-electron chi connectivity index (χ4n) is 3.89. The lowest BCUT2D eigenvalue weighted by molar-refractivity contribution is -0.116. The number of nitrogens with zero attached hydrogens (tertiary/aromatic N) is 1. The van der Waals surface area contributed by atoms with E-state index in [-0.39, 0.29) is 17.2 Å². The van der Waals surface area contributed by atoms with E-state index in [1.54, 1.807) is 0 Å². The predicted molar refractivity (Wildman–Crippen MR) is 116 cm³/mol. The molecule has 0 spiro atoms. The summed E-state index contributed by atoms with van der Waals surface area (Å²) in [5.41, 5.74) is 9.77. The highest BCUT2D eigenvalue weighted by Crippen LogP contribution is 2.46. The van der Waals surface area contributed by atoms with Gasteiger partial charge >= 0.3 is 0 Å². The van der Waals surface area contributed by atoms with Crippen molar-refractivity contribution in [2.45, 2.75) is 38.7 Å². The molecule has 30 heavy (non-hydrogen) atoms. The van der Waals surface area contributed by atoms with Crippen LogP contribution in [-0.4, -0.2) is 5.78 Å². The maximum atomic E-state index is 12.8. The second kappa shape index (κ2) is 8.37. The van der Waals surface area contributed by atoms with Gasteiger partial charge in [-0.1, -0.05) is 45.8 Å². The van der Waals surface area contributed by atoms with E-state index < -0.39 is 5.92 Å². The Kier molecular flexibility index (Phi) is 5.65. The lowest BCUT2D eigenvalue weighted by Gasteiger charge is -2.31. The van der Waals surface area contributed by atoms with Crippen LogP contribution in [0.4, 0.5) is 0 Å². The van der Waals surface area contributed by atoms with Gasteiger partial charge in [-0.2, -0.15) is 5.26 Å². The Morgan fingerprint density at radius 1 is 1.23 bits per heavy atom. The zero-order chi connectivity index (χ0) is 21.3. The molecule has 2 aromatic rings. The molecule has 5 nitrogen and oxygen atoms in total. The molecule has 0 saturated carbocycles. The van der Waals surface area contributed by atoms with Gasteiger partial charge in [-0.05, 0) is 37.1 Å². The predicted octanol–water partition coefficient (Wildman–Crippen LogP) is 5.15. The Balaban J connectivity index is 1.77. The van der Waals surface area contributed by atoms with Crippen molar-refractivity contribution in [1.82, 2.24) is 0 Å². The van der Waals surface area contributed by atoms with Crippen molar-refractivity contribution in [2.24, 2.45) is 5.73 Å². The zero-order valence-corrected chi connectivity index (χ0v) is 18.2.